The summed E-state index contributed by atoms with van der Waals surface area (Å²) in [7, 11) is 0. The van der Waals surface area contributed by atoms with Crippen molar-refractivity contribution in [2.24, 2.45) is 0 Å². The lowest BCUT2D eigenvalue weighted by molar-refractivity contribution is 0.225. The maximum Gasteiger partial charge on any atom is 0.203 e. The SMILES string of the molecule is CC(Oc1cc(Cl)cc(Cl)c1)c1nnc(N)s1. The monoisotopic (exact) mass is 289 g/mol. The summed E-state index contributed by atoms with van der Waals surface area (Å²) in [4.78, 5) is 0. The van der Waals surface area contributed by atoms with Gasteiger partial charge in [-0.25, -0.2) is 0 Å². The van der Waals surface area contributed by atoms with Crippen molar-refractivity contribution in [3.05, 3.63) is 33.3 Å². The summed E-state index contributed by atoms with van der Waals surface area (Å²) in [6.45, 7) is 1.86. The number of hydrogen-bond acceptors (Lipinski definition) is 5. The summed E-state index contributed by atoms with van der Waals surface area (Å²) in [5.41, 5.74) is 5.51. The van der Waals surface area contributed by atoms with Gasteiger partial charge in [0.1, 0.15) is 11.9 Å². The van der Waals surface area contributed by atoms with E-state index in [0.717, 1.165) is 0 Å². The number of nitrogens with two attached hydrogens (primary N) is 1. The van der Waals surface area contributed by atoms with Gasteiger partial charge in [0.25, 0.3) is 0 Å². The minimum atomic E-state index is -0.251. The van der Waals surface area contributed by atoms with Gasteiger partial charge in [-0.05, 0) is 25.1 Å². The van der Waals surface area contributed by atoms with E-state index < -0.39 is 0 Å². The van der Waals surface area contributed by atoms with Crippen LogP contribution in [-0.4, -0.2) is 10.2 Å². The molecule has 2 rings (SSSR count). The number of aromatic nitrogens is 2. The van der Waals surface area contributed by atoms with Gasteiger partial charge in [0.15, 0.2) is 5.01 Å². The first-order chi connectivity index (χ1) is 8.04. The fraction of sp³-hybridized carbons (Fsp3) is 0.200. The molecule has 2 N–H and O–H groups in total. The highest BCUT2D eigenvalue weighted by molar-refractivity contribution is 7.15. The number of benzene rings is 1. The van der Waals surface area contributed by atoms with Crippen LogP contribution in [0.1, 0.15) is 18.0 Å². The van der Waals surface area contributed by atoms with Crippen molar-refractivity contribution in [3.8, 4) is 5.75 Å². The Morgan fingerprint density at radius 3 is 2.41 bits per heavy atom. The molecule has 0 fully saturated rings. The lowest BCUT2D eigenvalue weighted by atomic mass is 10.3. The van der Waals surface area contributed by atoms with Gasteiger partial charge in [0.2, 0.25) is 5.13 Å². The number of halogens is 2. The molecule has 17 heavy (non-hydrogen) atoms. The second-order valence-electron chi connectivity index (χ2n) is 3.34. The van der Waals surface area contributed by atoms with Crippen LogP contribution in [0.2, 0.25) is 10.0 Å². The smallest absolute Gasteiger partial charge is 0.203 e. The Bertz CT molecular complexity index is 512. The summed E-state index contributed by atoms with van der Waals surface area (Å²) in [5.74, 6) is 0.587. The molecule has 0 bridgehead atoms. The predicted molar refractivity (Wildman–Crippen MR) is 69.8 cm³/mol. The van der Waals surface area contributed by atoms with Crippen molar-refractivity contribution < 1.29 is 4.74 Å². The molecule has 0 saturated heterocycles. The molecule has 4 nitrogen and oxygen atoms in total. The molecule has 0 radical (unpaired) electrons. The molecule has 0 spiro atoms. The summed E-state index contributed by atoms with van der Waals surface area (Å²) >= 11 is 13.0. The second kappa shape index (κ2) is 5.08. The molecule has 90 valence electrons. The highest BCUT2D eigenvalue weighted by Gasteiger charge is 2.13. The van der Waals surface area contributed by atoms with Crippen LogP contribution in [0.5, 0.6) is 5.75 Å². The summed E-state index contributed by atoms with van der Waals surface area (Å²) < 4.78 is 5.66. The van der Waals surface area contributed by atoms with Crippen molar-refractivity contribution in [1.82, 2.24) is 10.2 Å². The van der Waals surface area contributed by atoms with E-state index in [-0.39, 0.29) is 6.10 Å². The van der Waals surface area contributed by atoms with Gasteiger partial charge >= 0.3 is 0 Å². The molecule has 1 heterocycles. The summed E-state index contributed by atoms with van der Waals surface area (Å²) in [5, 5.41) is 9.81. The van der Waals surface area contributed by atoms with E-state index in [1.165, 1.54) is 11.3 Å². The third-order valence-electron chi connectivity index (χ3n) is 1.95. The van der Waals surface area contributed by atoms with Gasteiger partial charge in [-0.2, -0.15) is 0 Å². The van der Waals surface area contributed by atoms with Crippen LogP contribution in [-0.2, 0) is 0 Å². The molecule has 0 aliphatic carbocycles. The molecule has 0 aliphatic rings. The van der Waals surface area contributed by atoms with Crippen LogP contribution in [0.3, 0.4) is 0 Å². The average Bonchev–Trinajstić information content (AvgIpc) is 2.63. The number of rotatable bonds is 3. The molecule has 1 aromatic carbocycles. The second-order valence-corrected chi connectivity index (χ2v) is 5.26. The fourth-order valence-electron chi connectivity index (χ4n) is 1.26. The Morgan fingerprint density at radius 1 is 1.24 bits per heavy atom. The zero-order valence-electron chi connectivity index (χ0n) is 8.85. The molecule has 1 aromatic heterocycles. The Kier molecular flexibility index (Phi) is 3.71. The first kappa shape index (κ1) is 12.4. The van der Waals surface area contributed by atoms with E-state index in [1.54, 1.807) is 18.2 Å². The quantitative estimate of drug-likeness (QED) is 0.938. The van der Waals surface area contributed by atoms with Crippen molar-refractivity contribution in [3.63, 3.8) is 0 Å². The van der Waals surface area contributed by atoms with Crippen molar-refractivity contribution in [1.29, 1.82) is 0 Å². The molecule has 1 unspecified atom stereocenters. The third-order valence-corrected chi connectivity index (χ3v) is 3.30. The van der Waals surface area contributed by atoms with E-state index in [2.05, 4.69) is 10.2 Å². The van der Waals surface area contributed by atoms with Crippen LogP contribution >= 0.6 is 34.5 Å². The Labute approximate surface area is 112 Å². The summed E-state index contributed by atoms with van der Waals surface area (Å²) in [6, 6.07) is 5.02. The Balaban J connectivity index is 2.15. The minimum absolute atomic E-state index is 0.251. The van der Waals surface area contributed by atoms with Gasteiger partial charge in [-0.3, -0.25) is 0 Å². The molecule has 0 amide bonds. The largest absolute Gasteiger partial charge is 0.483 e. The van der Waals surface area contributed by atoms with E-state index in [9.17, 15) is 0 Å². The van der Waals surface area contributed by atoms with Crippen LogP contribution in [0.15, 0.2) is 18.2 Å². The molecule has 0 saturated carbocycles. The Morgan fingerprint density at radius 2 is 1.88 bits per heavy atom. The van der Waals surface area contributed by atoms with Crippen LogP contribution in [0.25, 0.3) is 0 Å². The number of hydrogen-bond donors (Lipinski definition) is 1. The van der Waals surface area contributed by atoms with Gasteiger partial charge < -0.3 is 10.5 Å². The zero-order chi connectivity index (χ0) is 12.4. The fourth-order valence-corrected chi connectivity index (χ4v) is 2.36. The molecule has 0 aliphatic heterocycles. The summed E-state index contributed by atoms with van der Waals surface area (Å²) in [6.07, 6.45) is -0.251. The minimum Gasteiger partial charge on any atom is -0.483 e. The van der Waals surface area contributed by atoms with E-state index >= 15 is 0 Å². The van der Waals surface area contributed by atoms with Crippen molar-refractivity contribution >= 4 is 39.7 Å². The van der Waals surface area contributed by atoms with E-state index in [0.29, 0.717) is 25.9 Å². The van der Waals surface area contributed by atoms with Crippen LogP contribution < -0.4 is 10.5 Å². The van der Waals surface area contributed by atoms with Gasteiger partial charge in [-0.15, -0.1) is 10.2 Å². The standard InChI is InChI=1S/C10H9Cl2N3OS/c1-5(9-14-15-10(13)17-9)16-8-3-6(11)2-7(12)4-8/h2-5H,1H3,(H2,13,15). The van der Waals surface area contributed by atoms with Crippen molar-refractivity contribution in [2.45, 2.75) is 13.0 Å². The maximum absolute atomic E-state index is 5.87. The number of nitrogens with zero attached hydrogens (tertiary/aromatic N) is 2. The first-order valence-electron chi connectivity index (χ1n) is 4.76. The zero-order valence-corrected chi connectivity index (χ0v) is 11.2. The normalized spacial score (nSPS) is 12.4. The molecular weight excluding hydrogens is 281 g/mol. The third kappa shape index (κ3) is 3.21. The number of ether oxygens (including phenoxy) is 1. The number of anilines is 1. The average molecular weight is 290 g/mol. The van der Waals surface area contributed by atoms with E-state index in [4.69, 9.17) is 33.7 Å². The van der Waals surface area contributed by atoms with Gasteiger partial charge in [0.05, 0.1) is 0 Å². The van der Waals surface area contributed by atoms with E-state index in [1.807, 2.05) is 6.92 Å². The highest BCUT2D eigenvalue weighted by atomic mass is 35.5. The van der Waals surface area contributed by atoms with Gasteiger partial charge in [-0.1, -0.05) is 34.5 Å². The first-order valence-corrected chi connectivity index (χ1v) is 6.33. The lowest BCUT2D eigenvalue weighted by Gasteiger charge is -2.12. The highest BCUT2D eigenvalue weighted by Crippen LogP contribution is 2.29. The Hall–Kier alpha value is -1.04. The lowest BCUT2D eigenvalue weighted by Crippen LogP contribution is -2.02. The van der Waals surface area contributed by atoms with Gasteiger partial charge in [0, 0.05) is 10.0 Å². The molecular formula is C10H9Cl2N3OS. The topological polar surface area (TPSA) is 61.0 Å². The molecule has 2 aromatic rings. The molecule has 7 heteroatoms. The van der Waals surface area contributed by atoms with Crippen LogP contribution in [0.4, 0.5) is 5.13 Å². The number of nitrogen functional groups attached to an aromatic ring is 1. The molecule has 1 atom stereocenters. The predicted octanol–water partition coefficient (Wildman–Crippen LogP) is 3.57. The maximum atomic E-state index is 5.87. The van der Waals surface area contributed by atoms with Crippen LogP contribution in [0, 0.1) is 0 Å². The van der Waals surface area contributed by atoms with Crippen molar-refractivity contribution in [2.75, 3.05) is 5.73 Å².